The number of carbonyl (C=O) groups is 1. The summed E-state index contributed by atoms with van der Waals surface area (Å²) >= 11 is 5.90. The number of hydrogen-bond acceptors (Lipinski definition) is 2. The molecular formula is C16H11ClN4O. The fourth-order valence-electron chi connectivity index (χ4n) is 2.52. The average Bonchev–Trinajstić information content (AvgIpc) is 2.83. The van der Waals surface area contributed by atoms with Crippen LogP contribution in [0.15, 0.2) is 53.6 Å². The van der Waals surface area contributed by atoms with E-state index in [0.717, 1.165) is 22.8 Å². The number of carbonyl (C=O) groups excluding carboxylic acids is 1. The number of fused-ring (bicyclic) bond motifs is 1. The normalized spacial score (nSPS) is 10.4. The van der Waals surface area contributed by atoms with Gasteiger partial charge in [0.1, 0.15) is 5.82 Å². The predicted molar refractivity (Wildman–Crippen MR) is 86.7 cm³/mol. The van der Waals surface area contributed by atoms with E-state index >= 15 is 0 Å². The highest BCUT2D eigenvalue weighted by molar-refractivity contribution is 6.30. The van der Waals surface area contributed by atoms with Crippen LogP contribution in [0.4, 0.5) is 5.82 Å². The van der Waals surface area contributed by atoms with Crippen molar-refractivity contribution in [2.24, 2.45) is 5.11 Å². The van der Waals surface area contributed by atoms with Gasteiger partial charge in [0.25, 0.3) is 0 Å². The molecule has 0 N–H and O–H groups in total. The molecule has 108 valence electrons. The number of nitrogens with zero attached hydrogens (tertiary/aromatic N) is 4. The van der Waals surface area contributed by atoms with Gasteiger partial charge in [0.15, 0.2) is 6.29 Å². The SMILES string of the molecule is [N-]=[N+]=Nc1c(C=O)c2ccccc2n1Cc1ccc(Cl)cc1. The lowest BCUT2D eigenvalue weighted by Gasteiger charge is -2.08. The molecule has 0 spiro atoms. The standard InChI is InChI=1S/C16H11ClN4O/c17-12-7-5-11(6-8-12)9-21-15-4-2-1-3-13(15)14(10-22)16(21)19-20-18/h1-8,10H,9H2. The molecule has 5 nitrogen and oxygen atoms in total. The third-order valence-corrected chi connectivity index (χ3v) is 3.74. The van der Waals surface area contributed by atoms with Gasteiger partial charge >= 0.3 is 0 Å². The summed E-state index contributed by atoms with van der Waals surface area (Å²) in [7, 11) is 0. The van der Waals surface area contributed by atoms with Crippen molar-refractivity contribution in [1.82, 2.24) is 4.57 Å². The zero-order chi connectivity index (χ0) is 15.5. The number of aromatic nitrogens is 1. The third kappa shape index (κ3) is 2.44. The zero-order valence-corrected chi connectivity index (χ0v) is 12.2. The molecule has 0 aliphatic rings. The van der Waals surface area contributed by atoms with Gasteiger partial charge in [0.2, 0.25) is 0 Å². The van der Waals surface area contributed by atoms with Crippen molar-refractivity contribution in [3.8, 4) is 0 Å². The van der Waals surface area contributed by atoms with Crippen LogP contribution in [0.1, 0.15) is 15.9 Å². The van der Waals surface area contributed by atoms with Gasteiger partial charge in [-0.1, -0.05) is 41.9 Å². The van der Waals surface area contributed by atoms with E-state index in [4.69, 9.17) is 17.1 Å². The van der Waals surface area contributed by atoms with E-state index in [1.165, 1.54) is 0 Å². The molecule has 0 saturated heterocycles. The zero-order valence-electron chi connectivity index (χ0n) is 11.5. The summed E-state index contributed by atoms with van der Waals surface area (Å²) in [4.78, 5) is 14.3. The second-order valence-corrected chi connectivity index (χ2v) is 5.21. The Labute approximate surface area is 131 Å². The average molecular weight is 311 g/mol. The molecule has 1 aromatic heterocycles. The summed E-state index contributed by atoms with van der Waals surface area (Å²) in [5.41, 5.74) is 11.1. The molecular weight excluding hydrogens is 300 g/mol. The van der Waals surface area contributed by atoms with Crippen LogP contribution in [0.5, 0.6) is 0 Å². The van der Waals surface area contributed by atoms with Crippen LogP contribution in [-0.2, 0) is 6.54 Å². The Kier molecular flexibility index (Phi) is 3.83. The highest BCUT2D eigenvalue weighted by atomic mass is 35.5. The highest BCUT2D eigenvalue weighted by Gasteiger charge is 2.15. The van der Waals surface area contributed by atoms with Crippen molar-refractivity contribution in [2.75, 3.05) is 0 Å². The fourth-order valence-corrected chi connectivity index (χ4v) is 2.64. The van der Waals surface area contributed by atoms with Gasteiger partial charge in [-0.2, -0.15) is 0 Å². The van der Waals surface area contributed by atoms with E-state index in [9.17, 15) is 4.79 Å². The Balaban J connectivity index is 2.22. The number of benzene rings is 2. The molecule has 3 rings (SSSR count). The number of hydrogen-bond donors (Lipinski definition) is 0. The van der Waals surface area contributed by atoms with Crippen molar-refractivity contribution in [3.63, 3.8) is 0 Å². The highest BCUT2D eigenvalue weighted by Crippen LogP contribution is 2.32. The quantitative estimate of drug-likeness (QED) is 0.286. The van der Waals surface area contributed by atoms with Gasteiger partial charge < -0.3 is 4.57 Å². The minimum atomic E-state index is 0.327. The Hall–Kier alpha value is -2.75. The molecule has 0 radical (unpaired) electrons. The molecule has 0 aliphatic carbocycles. The maximum absolute atomic E-state index is 11.4. The Morgan fingerprint density at radius 3 is 2.59 bits per heavy atom. The maximum atomic E-state index is 11.4. The van der Waals surface area contributed by atoms with Crippen LogP contribution in [0.2, 0.25) is 5.02 Å². The van der Waals surface area contributed by atoms with Crippen molar-refractivity contribution in [3.05, 3.63) is 75.1 Å². The lowest BCUT2D eigenvalue weighted by Crippen LogP contribution is -1.99. The number of para-hydroxylation sites is 1. The smallest absolute Gasteiger partial charge is 0.152 e. The van der Waals surface area contributed by atoms with Crippen LogP contribution in [0.25, 0.3) is 21.3 Å². The number of rotatable bonds is 4. The van der Waals surface area contributed by atoms with Gasteiger partial charge in [-0.05, 0) is 34.4 Å². The topological polar surface area (TPSA) is 70.8 Å². The molecule has 22 heavy (non-hydrogen) atoms. The molecule has 0 saturated carbocycles. The van der Waals surface area contributed by atoms with E-state index in [1.54, 1.807) is 12.1 Å². The van der Waals surface area contributed by atoms with Gasteiger partial charge in [0.05, 0.1) is 0 Å². The Morgan fingerprint density at radius 2 is 1.91 bits per heavy atom. The van der Waals surface area contributed by atoms with E-state index in [1.807, 2.05) is 41.0 Å². The summed E-state index contributed by atoms with van der Waals surface area (Å²) in [5.74, 6) is 0.327. The molecule has 0 fully saturated rings. The van der Waals surface area contributed by atoms with Crippen molar-refractivity contribution >= 4 is 34.6 Å². The van der Waals surface area contributed by atoms with Gasteiger partial charge in [0, 0.05) is 32.9 Å². The summed E-state index contributed by atoms with van der Waals surface area (Å²) in [5, 5.41) is 5.14. The van der Waals surface area contributed by atoms with Crippen LogP contribution in [0, 0.1) is 0 Å². The maximum Gasteiger partial charge on any atom is 0.152 e. The minimum Gasteiger partial charge on any atom is -0.334 e. The van der Waals surface area contributed by atoms with E-state index in [0.29, 0.717) is 22.9 Å². The van der Waals surface area contributed by atoms with Crippen LogP contribution < -0.4 is 0 Å². The van der Waals surface area contributed by atoms with Crippen LogP contribution in [0.3, 0.4) is 0 Å². The first-order valence-corrected chi connectivity index (χ1v) is 6.98. The van der Waals surface area contributed by atoms with Gasteiger partial charge in [-0.25, -0.2) is 0 Å². The second kappa shape index (κ2) is 5.93. The monoisotopic (exact) mass is 310 g/mol. The van der Waals surface area contributed by atoms with E-state index < -0.39 is 0 Å². The molecule has 3 aromatic rings. The third-order valence-electron chi connectivity index (χ3n) is 3.49. The lowest BCUT2D eigenvalue weighted by molar-refractivity contribution is 0.112. The molecule has 0 bridgehead atoms. The summed E-state index contributed by atoms with van der Waals surface area (Å²) in [6.07, 6.45) is 0.727. The number of aldehydes is 1. The first-order valence-electron chi connectivity index (χ1n) is 6.60. The first kappa shape index (κ1) is 14.2. The number of halogens is 1. The molecule has 1 heterocycles. The fraction of sp³-hybridized carbons (Fsp3) is 0.0625. The second-order valence-electron chi connectivity index (χ2n) is 4.77. The lowest BCUT2D eigenvalue weighted by atomic mass is 10.2. The Morgan fingerprint density at radius 1 is 1.18 bits per heavy atom. The first-order chi connectivity index (χ1) is 10.7. The molecule has 2 aromatic carbocycles. The van der Waals surface area contributed by atoms with Crippen LogP contribution in [-0.4, -0.2) is 10.9 Å². The predicted octanol–water partition coefficient (Wildman–Crippen LogP) is 5.10. The van der Waals surface area contributed by atoms with Crippen molar-refractivity contribution < 1.29 is 4.79 Å². The van der Waals surface area contributed by atoms with Crippen LogP contribution >= 0.6 is 11.6 Å². The molecule has 0 aliphatic heterocycles. The molecule has 0 unspecified atom stereocenters. The minimum absolute atomic E-state index is 0.327. The van der Waals surface area contributed by atoms with Gasteiger partial charge in [-0.3, -0.25) is 4.79 Å². The van der Waals surface area contributed by atoms with Gasteiger partial charge in [-0.15, -0.1) is 0 Å². The van der Waals surface area contributed by atoms with Crippen molar-refractivity contribution in [2.45, 2.75) is 6.54 Å². The molecule has 0 atom stereocenters. The summed E-state index contributed by atoms with van der Waals surface area (Å²) < 4.78 is 1.84. The van der Waals surface area contributed by atoms with E-state index in [-0.39, 0.29) is 0 Å². The number of azide groups is 1. The van der Waals surface area contributed by atoms with E-state index in [2.05, 4.69) is 10.0 Å². The summed E-state index contributed by atoms with van der Waals surface area (Å²) in [6, 6.07) is 14.9. The summed E-state index contributed by atoms with van der Waals surface area (Å²) in [6.45, 7) is 0.486. The molecule has 0 amide bonds. The largest absolute Gasteiger partial charge is 0.334 e. The molecule has 6 heteroatoms. The van der Waals surface area contributed by atoms with Crippen molar-refractivity contribution in [1.29, 1.82) is 0 Å². The Bertz CT molecular complexity index is 892.